The molecule has 0 atom stereocenters. The van der Waals surface area contributed by atoms with Crippen molar-refractivity contribution in [2.45, 2.75) is 56.8 Å². The Bertz CT molecular complexity index is 1130. The summed E-state index contributed by atoms with van der Waals surface area (Å²) in [5.41, 5.74) is 1.04. The molecule has 0 bridgehead atoms. The van der Waals surface area contributed by atoms with Crippen molar-refractivity contribution >= 4 is 6.03 Å². The molecule has 0 aromatic carbocycles. The standard InChI is InChI=1S/C23H29F3N8O/c24-23(25,26)14-34-4-3-17(30-34)7-31-8-22(9-31)12-33(13-22)20(35)32-10-21(11-32)5-16(6-21)19-27-18(28-29-19)15-1-2-15/h3-4,15-16H,1-2,5-14H2,(H,27,28,29). The van der Waals surface area contributed by atoms with E-state index in [4.69, 9.17) is 4.98 Å². The lowest BCUT2D eigenvalue weighted by atomic mass is 9.57. The van der Waals surface area contributed by atoms with Gasteiger partial charge in [0.05, 0.1) is 5.69 Å². The summed E-state index contributed by atoms with van der Waals surface area (Å²) in [7, 11) is 0. The fourth-order valence-corrected chi connectivity index (χ4v) is 6.64. The zero-order chi connectivity index (χ0) is 24.0. The molecule has 5 aliphatic rings. The van der Waals surface area contributed by atoms with Gasteiger partial charge in [-0.05, 0) is 31.7 Å². The minimum absolute atomic E-state index is 0.138. The zero-order valence-corrected chi connectivity index (χ0v) is 19.5. The summed E-state index contributed by atoms with van der Waals surface area (Å²) in [5, 5.41) is 11.6. The highest BCUT2D eigenvalue weighted by atomic mass is 19.4. The third-order valence-electron chi connectivity index (χ3n) is 8.39. The number of hydrogen-bond donors (Lipinski definition) is 1. The lowest BCUT2D eigenvalue weighted by molar-refractivity contribution is -0.142. The van der Waals surface area contributed by atoms with Crippen molar-refractivity contribution in [3.05, 3.63) is 29.6 Å². The monoisotopic (exact) mass is 490 g/mol. The zero-order valence-electron chi connectivity index (χ0n) is 19.5. The molecule has 0 unspecified atom stereocenters. The van der Waals surface area contributed by atoms with E-state index in [1.807, 2.05) is 9.80 Å². The van der Waals surface area contributed by atoms with Crippen molar-refractivity contribution < 1.29 is 18.0 Å². The van der Waals surface area contributed by atoms with Crippen LogP contribution in [0.3, 0.4) is 0 Å². The Balaban J connectivity index is 0.832. The summed E-state index contributed by atoms with van der Waals surface area (Å²) in [5.74, 6) is 3.01. The van der Waals surface area contributed by atoms with Gasteiger partial charge in [-0.25, -0.2) is 9.78 Å². The van der Waals surface area contributed by atoms with E-state index in [9.17, 15) is 18.0 Å². The van der Waals surface area contributed by atoms with Crippen molar-refractivity contribution in [3.8, 4) is 0 Å². The predicted octanol–water partition coefficient (Wildman–Crippen LogP) is 2.56. The number of aromatic nitrogens is 5. The van der Waals surface area contributed by atoms with E-state index in [1.165, 1.54) is 19.0 Å². The summed E-state index contributed by atoms with van der Waals surface area (Å²) < 4.78 is 38.4. The summed E-state index contributed by atoms with van der Waals surface area (Å²) >= 11 is 0. The highest BCUT2D eigenvalue weighted by Gasteiger charge is 2.58. The average Bonchev–Trinajstić information content (AvgIpc) is 3.24. The van der Waals surface area contributed by atoms with Crippen molar-refractivity contribution in [1.29, 1.82) is 0 Å². The summed E-state index contributed by atoms with van der Waals surface area (Å²) in [6.07, 6.45) is 1.67. The van der Waals surface area contributed by atoms with Crippen LogP contribution >= 0.6 is 0 Å². The number of hydrogen-bond acceptors (Lipinski definition) is 5. The van der Waals surface area contributed by atoms with Crippen LogP contribution in [-0.2, 0) is 13.1 Å². The first-order valence-corrected chi connectivity index (χ1v) is 12.4. The van der Waals surface area contributed by atoms with Crippen molar-refractivity contribution in [3.63, 3.8) is 0 Å². The predicted molar refractivity (Wildman–Crippen MR) is 117 cm³/mol. The first-order valence-electron chi connectivity index (χ1n) is 12.4. The molecule has 2 aromatic rings. The third kappa shape index (κ3) is 3.89. The quantitative estimate of drug-likeness (QED) is 0.696. The Hall–Kier alpha value is -2.63. The molecule has 2 amide bonds. The van der Waals surface area contributed by atoms with Crippen molar-refractivity contribution in [2.75, 3.05) is 39.3 Å². The Labute approximate surface area is 200 Å². The van der Waals surface area contributed by atoms with Gasteiger partial charge in [-0.2, -0.15) is 23.4 Å². The molecule has 2 aliphatic carbocycles. The van der Waals surface area contributed by atoms with E-state index in [0.717, 1.165) is 68.4 Å². The van der Waals surface area contributed by atoms with Gasteiger partial charge in [0.25, 0.3) is 0 Å². The molecule has 5 heterocycles. The molecule has 2 saturated carbocycles. The molecule has 188 valence electrons. The maximum Gasteiger partial charge on any atom is 0.408 e. The maximum absolute atomic E-state index is 12.9. The third-order valence-corrected chi connectivity index (χ3v) is 8.39. The molecule has 3 aliphatic heterocycles. The molecule has 2 spiro atoms. The number of aromatic amines is 1. The number of nitrogens with one attached hydrogen (secondary N) is 1. The highest BCUT2D eigenvalue weighted by Crippen LogP contribution is 2.56. The number of urea groups is 1. The maximum atomic E-state index is 12.9. The molecule has 0 radical (unpaired) electrons. The van der Waals surface area contributed by atoms with Crippen LogP contribution in [0.1, 0.15) is 54.9 Å². The number of carbonyl (C=O) groups excluding carboxylic acids is 1. The molecular formula is C23H29F3N8O. The lowest BCUT2D eigenvalue weighted by Gasteiger charge is -2.63. The summed E-state index contributed by atoms with van der Waals surface area (Å²) in [6, 6.07) is 1.79. The van der Waals surface area contributed by atoms with Crippen LogP contribution in [-0.4, -0.2) is 91.1 Å². The van der Waals surface area contributed by atoms with Gasteiger partial charge in [-0.15, -0.1) is 0 Å². The van der Waals surface area contributed by atoms with Crippen LogP contribution in [0.2, 0.25) is 0 Å². The van der Waals surface area contributed by atoms with Crippen molar-refractivity contribution in [2.24, 2.45) is 10.8 Å². The smallest absolute Gasteiger partial charge is 0.323 e. The van der Waals surface area contributed by atoms with Gasteiger partial charge >= 0.3 is 12.2 Å². The van der Waals surface area contributed by atoms with Gasteiger partial charge in [0.15, 0.2) is 5.82 Å². The number of halogens is 3. The van der Waals surface area contributed by atoms with Gasteiger partial charge in [0, 0.05) is 74.7 Å². The minimum Gasteiger partial charge on any atom is -0.323 e. The van der Waals surface area contributed by atoms with Gasteiger partial charge < -0.3 is 9.80 Å². The molecule has 3 saturated heterocycles. The normalized spacial score (nSPS) is 25.3. The van der Waals surface area contributed by atoms with E-state index in [2.05, 4.69) is 20.2 Å². The van der Waals surface area contributed by atoms with Gasteiger partial charge in [0.2, 0.25) is 0 Å². The van der Waals surface area contributed by atoms with E-state index in [0.29, 0.717) is 24.1 Å². The fraction of sp³-hybridized carbons (Fsp3) is 0.739. The SMILES string of the molecule is O=C(N1CC2(CC(c3n[nH]c(C4CC4)n3)C2)C1)N1CC2(CN(Cc3ccn(CC(F)(F)F)n3)C2)C1. The Morgan fingerprint density at radius 3 is 2.37 bits per heavy atom. The highest BCUT2D eigenvalue weighted by molar-refractivity contribution is 5.77. The van der Waals surface area contributed by atoms with Crippen LogP contribution in [0.15, 0.2) is 12.3 Å². The van der Waals surface area contributed by atoms with E-state index < -0.39 is 12.7 Å². The van der Waals surface area contributed by atoms with Crippen LogP contribution < -0.4 is 0 Å². The number of carbonyl (C=O) groups is 1. The second-order valence-electron chi connectivity index (χ2n) is 11.7. The molecule has 1 N–H and O–H groups in total. The topological polar surface area (TPSA) is 86.2 Å². The van der Waals surface area contributed by atoms with E-state index >= 15 is 0 Å². The molecule has 12 heteroatoms. The second kappa shape index (κ2) is 7.21. The summed E-state index contributed by atoms with van der Waals surface area (Å²) in [6.45, 7) is 4.38. The largest absolute Gasteiger partial charge is 0.408 e. The van der Waals surface area contributed by atoms with Gasteiger partial charge in [0.1, 0.15) is 12.4 Å². The summed E-state index contributed by atoms with van der Waals surface area (Å²) in [4.78, 5) is 23.7. The minimum atomic E-state index is -4.27. The molecule has 7 rings (SSSR count). The number of likely N-dealkylation sites (tertiary alicyclic amines) is 3. The van der Waals surface area contributed by atoms with Crippen LogP contribution in [0.5, 0.6) is 0 Å². The Morgan fingerprint density at radius 2 is 1.71 bits per heavy atom. The number of nitrogens with zero attached hydrogens (tertiary/aromatic N) is 7. The first-order chi connectivity index (χ1) is 16.7. The van der Waals surface area contributed by atoms with Crippen LogP contribution in [0.25, 0.3) is 0 Å². The second-order valence-corrected chi connectivity index (χ2v) is 11.7. The first kappa shape index (κ1) is 21.6. The number of H-pyrrole nitrogens is 1. The molecule has 35 heavy (non-hydrogen) atoms. The lowest BCUT2D eigenvalue weighted by Crippen LogP contribution is -2.75. The molecule has 9 nitrogen and oxygen atoms in total. The number of alkyl halides is 3. The molecule has 5 fully saturated rings. The number of amides is 2. The molecule has 2 aromatic heterocycles. The molecular weight excluding hydrogens is 461 g/mol. The van der Waals surface area contributed by atoms with Gasteiger partial charge in [-0.1, -0.05) is 0 Å². The van der Waals surface area contributed by atoms with Crippen LogP contribution in [0.4, 0.5) is 18.0 Å². The van der Waals surface area contributed by atoms with Gasteiger partial charge in [-0.3, -0.25) is 14.7 Å². The Morgan fingerprint density at radius 1 is 1.03 bits per heavy atom. The van der Waals surface area contributed by atoms with E-state index in [-0.39, 0.29) is 16.9 Å². The fourth-order valence-electron chi connectivity index (χ4n) is 6.64. The van der Waals surface area contributed by atoms with Crippen molar-refractivity contribution in [1.82, 2.24) is 39.7 Å². The Kier molecular flexibility index (Phi) is 4.45. The van der Waals surface area contributed by atoms with Crippen LogP contribution in [0, 0.1) is 10.8 Å². The van der Waals surface area contributed by atoms with E-state index in [1.54, 1.807) is 6.07 Å². The average molecular weight is 491 g/mol. The number of rotatable bonds is 5.